The Morgan fingerprint density at radius 2 is 2.09 bits per heavy atom. The van der Waals surface area contributed by atoms with Gasteiger partial charge in [-0.15, -0.1) is 23.1 Å². The number of carbonyl (C=O) groups excluding carboxylic acids is 1. The predicted molar refractivity (Wildman–Crippen MR) is 132 cm³/mol. The zero-order chi connectivity index (χ0) is 23.7. The number of amides is 1. The van der Waals surface area contributed by atoms with E-state index < -0.39 is 17.7 Å². The molecule has 0 radical (unpaired) electrons. The van der Waals surface area contributed by atoms with Crippen LogP contribution in [0.1, 0.15) is 17.0 Å². The third-order valence-electron chi connectivity index (χ3n) is 5.74. The van der Waals surface area contributed by atoms with E-state index in [9.17, 15) is 13.6 Å². The number of carbonyl (C=O) groups is 1. The van der Waals surface area contributed by atoms with Crippen LogP contribution in [0.2, 0.25) is 0 Å². The van der Waals surface area contributed by atoms with Crippen molar-refractivity contribution in [3.8, 4) is 0 Å². The van der Waals surface area contributed by atoms with Gasteiger partial charge in [0, 0.05) is 41.9 Å². The number of nitrogens with zero attached hydrogens (tertiary/aromatic N) is 3. The van der Waals surface area contributed by atoms with Gasteiger partial charge in [-0.25, -0.2) is 18.7 Å². The lowest BCUT2D eigenvalue weighted by Gasteiger charge is -2.24. The lowest BCUT2D eigenvalue weighted by molar-refractivity contribution is -0.120. The van der Waals surface area contributed by atoms with E-state index in [-0.39, 0.29) is 17.7 Å². The summed E-state index contributed by atoms with van der Waals surface area (Å²) in [6, 6.07) is 14.5. The number of anilines is 1. The molecule has 1 fully saturated rings. The second kappa shape index (κ2) is 9.77. The second-order valence-corrected chi connectivity index (χ2v) is 10.8. The maximum atomic E-state index is 14.4. The fraction of sp³-hybridized carbons (Fsp3) is 0.240. The fourth-order valence-corrected chi connectivity index (χ4v) is 6.17. The van der Waals surface area contributed by atoms with Gasteiger partial charge in [0.1, 0.15) is 11.6 Å². The lowest BCUT2D eigenvalue weighted by Crippen LogP contribution is -2.39. The Labute approximate surface area is 204 Å². The number of halogens is 2. The highest BCUT2D eigenvalue weighted by Gasteiger charge is 2.37. The molecule has 34 heavy (non-hydrogen) atoms. The topological polar surface area (TPSA) is 58.1 Å². The van der Waals surface area contributed by atoms with Crippen molar-refractivity contribution in [1.29, 1.82) is 0 Å². The summed E-state index contributed by atoms with van der Waals surface area (Å²) in [7, 11) is 0. The zero-order valence-electron chi connectivity index (χ0n) is 18.4. The summed E-state index contributed by atoms with van der Waals surface area (Å²) in [5, 5.41) is 4.97. The summed E-state index contributed by atoms with van der Waals surface area (Å²) < 4.78 is 28.8. The summed E-state index contributed by atoms with van der Waals surface area (Å²) in [4.78, 5) is 24.2. The molecule has 0 unspecified atom stereocenters. The summed E-state index contributed by atoms with van der Waals surface area (Å²) in [6.07, 6.45) is 2.33. The summed E-state index contributed by atoms with van der Waals surface area (Å²) >= 11 is 3.22. The number of benzene rings is 2. The first kappa shape index (κ1) is 22.9. The van der Waals surface area contributed by atoms with Crippen molar-refractivity contribution in [2.75, 3.05) is 11.9 Å². The number of rotatable bonds is 6. The number of aromatic nitrogens is 2. The molecule has 2 aromatic heterocycles. The third-order valence-corrected chi connectivity index (χ3v) is 7.85. The Kier molecular flexibility index (Phi) is 6.58. The van der Waals surface area contributed by atoms with Gasteiger partial charge < -0.3 is 5.32 Å². The van der Waals surface area contributed by atoms with E-state index in [4.69, 9.17) is 0 Å². The number of hydrogen-bond donors (Lipinski definition) is 1. The first-order chi connectivity index (χ1) is 16.4. The van der Waals surface area contributed by atoms with Crippen LogP contribution < -0.4 is 5.32 Å². The smallest absolute Gasteiger partial charge is 0.241 e. The van der Waals surface area contributed by atoms with Gasteiger partial charge in [-0.05, 0) is 49.7 Å². The molecule has 2 atom stereocenters. The first-order valence-electron chi connectivity index (χ1n) is 10.9. The molecular formula is C25H22F2N4OS2. The van der Waals surface area contributed by atoms with Crippen molar-refractivity contribution in [2.24, 2.45) is 0 Å². The molecule has 0 spiro atoms. The number of aryl methyl sites for hydroxylation is 1. The number of nitrogens with one attached hydrogen (secondary N) is 1. The molecule has 174 valence electrons. The molecule has 2 aromatic carbocycles. The molecule has 1 amide bonds. The van der Waals surface area contributed by atoms with Gasteiger partial charge in [-0.1, -0.05) is 12.1 Å². The average molecular weight is 497 g/mol. The monoisotopic (exact) mass is 496 g/mol. The van der Waals surface area contributed by atoms with Crippen molar-refractivity contribution in [3.63, 3.8) is 0 Å². The number of thioether (sulfide) groups is 1. The van der Waals surface area contributed by atoms with Crippen LogP contribution in [0.15, 0.2) is 65.8 Å². The van der Waals surface area contributed by atoms with E-state index in [1.54, 1.807) is 29.3 Å². The minimum absolute atomic E-state index is 0.109. The van der Waals surface area contributed by atoms with Crippen molar-refractivity contribution in [3.05, 3.63) is 83.0 Å². The van der Waals surface area contributed by atoms with E-state index in [2.05, 4.69) is 15.3 Å². The Morgan fingerprint density at radius 3 is 2.88 bits per heavy atom. The molecule has 1 aliphatic rings. The van der Waals surface area contributed by atoms with E-state index >= 15 is 0 Å². The molecule has 5 rings (SSSR count). The van der Waals surface area contributed by atoms with Crippen molar-refractivity contribution < 1.29 is 13.6 Å². The largest absolute Gasteiger partial charge is 0.325 e. The van der Waals surface area contributed by atoms with Gasteiger partial charge in [0.25, 0.3) is 0 Å². The van der Waals surface area contributed by atoms with Gasteiger partial charge in [-0.2, -0.15) is 0 Å². The van der Waals surface area contributed by atoms with Gasteiger partial charge in [-0.3, -0.25) is 9.69 Å². The Morgan fingerprint density at radius 1 is 1.21 bits per heavy atom. The van der Waals surface area contributed by atoms with Crippen LogP contribution in [-0.2, 0) is 11.3 Å². The predicted octanol–water partition coefficient (Wildman–Crippen LogP) is 5.65. The second-order valence-electron chi connectivity index (χ2n) is 8.23. The van der Waals surface area contributed by atoms with Crippen LogP contribution in [0.3, 0.4) is 0 Å². The summed E-state index contributed by atoms with van der Waals surface area (Å²) in [5.74, 6) is -1.38. The first-order valence-corrected chi connectivity index (χ1v) is 12.6. The highest BCUT2D eigenvalue weighted by atomic mass is 32.2. The van der Waals surface area contributed by atoms with Crippen molar-refractivity contribution in [2.45, 2.75) is 36.2 Å². The summed E-state index contributed by atoms with van der Waals surface area (Å²) in [6.45, 7) is 2.75. The van der Waals surface area contributed by atoms with E-state index in [1.807, 2.05) is 48.2 Å². The molecule has 1 aliphatic heterocycles. The number of fused-ring (bicyclic) bond motifs is 1. The maximum absolute atomic E-state index is 14.4. The van der Waals surface area contributed by atoms with Crippen LogP contribution in [0.25, 0.3) is 10.2 Å². The Hall–Kier alpha value is -2.88. The van der Waals surface area contributed by atoms with Crippen LogP contribution in [0.5, 0.6) is 0 Å². The number of likely N-dealkylation sites (tertiary alicyclic amines) is 1. The molecule has 4 aromatic rings. The Bertz CT molecular complexity index is 1330. The van der Waals surface area contributed by atoms with E-state index in [1.165, 1.54) is 12.1 Å². The van der Waals surface area contributed by atoms with Gasteiger partial charge in [0.15, 0.2) is 0 Å². The van der Waals surface area contributed by atoms with Crippen LogP contribution in [-0.4, -0.2) is 38.6 Å². The van der Waals surface area contributed by atoms with E-state index in [0.717, 1.165) is 26.3 Å². The number of pyridine rings is 1. The van der Waals surface area contributed by atoms with E-state index in [0.29, 0.717) is 24.2 Å². The number of thiazole rings is 1. The Balaban J connectivity index is 1.36. The molecule has 0 bridgehead atoms. The number of hydrogen-bond acceptors (Lipinski definition) is 6. The quantitative estimate of drug-likeness (QED) is 0.374. The van der Waals surface area contributed by atoms with Gasteiger partial charge in [0.2, 0.25) is 5.91 Å². The van der Waals surface area contributed by atoms with Crippen molar-refractivity contribution in [1.82, 2.24) is 14.9 Å². The third kappa shape index (κ3) is 5.11. The standard InChI is InChI=1S/C25H22F2N4OS2/c1-15-29-21-11-18(7-8-23(21)33-15)30-25(32)22-12-19(34-24-4-2-3-9-28-24)14-31(22)13-16-5-6-17(26)10-20(16)27/h2-11,19,22H,12-14H2,1H3,(H,30,32)/t19-,22+/m1/s1. The molecule has 5 nitrogen and oxygen atoms in total. The maximum Gasteiger partial charge on any atom is 0.241 e. The molecule has 3 heterocycles. The van der Waals surface area contributed by atoms with Gasteiger partial charge in [0.05, 0.1) is 26.3 Å². The molecule has 0 saturated carbocycles. The van der Waals surface area contributed by atoms with Crippen LogP contribution >= 0.6 is 23.1 Å². The lowest BCUT2D eigenvalue weighted by atomic mass is 10.1. The summed E-state index contributed by atoms with van der Waals surface area (Å²) in [5.41, 5.74) is 1.89. The van der Waals surface area contributed by atoms with Crippen LogP contribution in [0, 0.1) is 18.6 Å². The fourth-order valence-electron chi connectivity index (χ4n) is 4.20. The zero-order valence-corrected chi connectivity index (χ0v) is 20.0. The van der Waals surface area contributed by atoms with Crippen molar-refractivity contribution >= 4 is 44.9 Å². The molecule has 9 heteroatoms. The SMILES string of the molecule is Cc1nc2cc(NC(=O)[C@@H]3C[C@@H](Sc4ccccn4)CN3Cc3ccc(F)cc3F)ccc2s1. The highest BCUT2D eigenvalue weighted by Crippen LogP contribution is 2.34. The molecular weight excluding hydrogens is 474 g/mol. The minimum Gasteiger partial charge on any atom is -0.325 e. The highest BCUT2D eigenvalue weighted by molar-refractivity contribution is 7.99. The van der Waals surface area contributed by atoms with Gasteiger partial charge >= 0.3 is 0 Å². The van der Waals surface area contributed by atoms with Crippen LogP contribution in [0.4, 0.5) is 14.5 Å². The molecule has 1 N–H and O–H groups in total. The average Bonchev–Trinajstić information content (AvgIpc) is 3.38. The molecule has 1 saturated heterocycles. The minimum atomic E-state index is -0.617. The molecule has 0 aliphatic carbocycles. The normalized spacial score (nSPS) is 18.4.